The van der Waals surface area contributed by atoms with Gasteiger partial charge < -0.3 is 9.80 Å². The molecule has 2 fully saturated rings. The molecule has 4 rings (SSSR count). The van der Waals surface area contributed by atoms with Crippen LogP contribution in [0, 0.1) is 5.82 Å². The highest BCUT2D eigenvalue weighted by Crippen LogP contribution is 2.36. The number of ketones is 1. The number of benzene rings is 1. The van der Waals surface area contributed by atoms with E-state index in [1.54, 1.807) is 11.3 Å². The summed E-state index contributed by atoms with van der Waals surface area (Å²) in [5, 5.41) is 10.9. The molecule has 0 unspecified atom stereocenters. The van der Waals surface area contributed by atoms with Crippen LogP contribution in [0.15, 0.2) is 24.3 Å². The molecule has 1 aliphatic heterocycles. The second-order valence-electron chi connectivity index (χ2n) is 8.06. The number of rotatable bonds is 6. The van der Waals surface area contributed by atoms with Crippen LogP contribution in [-0.4, -0.2) is 53.0 Å². The van der Waals surface area contributed by atoms with Crippen molar-refractivity contribution in [1.82, 2.24) is 15.1 Å². The summed E-state index contributed by atoms with van der Waals surface area (Å²) in [6.07, 6.45) is 6.65. The Morgan fingerprint density at radius 2 is 1.67 bits per heavy atom. The van der Waals surface area contributed by atoms with E-state index in [1.807, 2.05) is 4.90 Å². The minimum atomic E-state index is -0.373. The van der Waals surface area contributed by atoms with Crippen molar-refractivity contribution < 1.29 is 14.0 Å². The molecular weight excluding hydrogens is 403 g/mol. The molecule has 1 saturated heterocycles. The summed E-state index contributed by atoms with van der Waals surface area (Å²) in [6, 6.07) is 5.46. The lowest BCUT2D eigenvalue weighted by Gasteiger charge is -2.34. The van der Waals surface area contributed by atoms with Gasteiger partial charge in [-0.25, -0.2) is 4.39 Å². The zero-order valence-corrected chi connectivity index (χ0v) is 17.9. The topological polar surface area (TPSA) is 66.4 Å². The van der Waals surface area contributed by atoms with E-state index in [0.29, 0.717) is 24.6 Å². The van der Waals surface area contributed by atoms with Gasteiger partial charge in [0.05, 0.1) is 0 Å². The molecule has 1 amide bonds. The Morgan fingerprint density at radius 1 is 0.967 bits per heavy atom. The molecule has 1 aromatic carbocycles. The second kappa shape index (κ2) is 9.64. The van der Waals surface area contributed by atoms with Gasteiger partial charge in [0.2, 0.25) is 11.0 Å². The smallest absolute Gasteiger partial charge is 0.223 e. The van der Waals surface area contributed by atoms with Gasteiger partial charge in [-0.1, -0.05) is 30.6 Å². The Morgan fingerprint density at radius 3 is 2.37 bits per heavy atom. The van der Waals surface area contributed by atoms with Crippen LogP contribution in [0.3, 0.4) is 0 Å². The van der Waals surface area contributed by atoms with Crippen LogP contribution in [0.2, 0.25) is 0 Å². The summed E-state index contributed by atoms with van der Waals surface area (Å²) in [6.45, 7) is 2.72. The average molecular weight is 431 g/mol. The molecule has 8 heteroatoms. The Hall–Kier alpha value is -2.35. The van der Waals surface area contributed by atoms with Crippen molar-refractivity contribution >= 4 is 28.2 Å². The predicted molar refractivity (Wildman–Crippen MR) is 114 cm³/mol. The monoisotopic (exact) mass is 430 g/mol. The third-order valence-corrected chi connectivity index (χ3v) is 7.17. The van der Waals surface area contributed by atoms with Gasteiger partial charge in [-0.15, -0.1) is 10.2 Å². The highest BCUT2D eigenvalue weighted by molar-refractivity contribution is 7.15. The fraction of sp³-hybridized carbons (Fsp3) is 0.545. The second-order valence-corrected chi connectivity index (χ2v) is 9.04. The largest absolute Gasteiger partial charge is 0.343 e. The number of hydrogen-bond donors (Lipinski definition) is 0. The summed E-state index contributed by atoms with van der Waals surface area (Å²) < 4.78 is 13.0. The van der Waals surface area contributed by atoms with E-state index in [4.69, 9.17) is 0 Å². The Kier molecular flexibility index (Phi) is 6.72. The number of hydrogen-bond acceptors (Lipinski definition) is 6. The number of anilines is 1. The van der Waals surface area contributed by atoms with Gasteiger partial charge in [0.15, 0.2) is 5.78 Å². The minimum Gasteiger partial charge on any atom is -0.343 e. The molecular formula is C22H27FN4O2S. The summed E-state index contributed by atoms with van der Waals surface area (Å²) in [4.78, 5) is 28.7. The van der Waals surface area contributed by atoms with E-state index < -0.39 is 0 Å². The fourth-order valence-corrected chi connectivity index (χ4v) is 5.24. The normalized spacial score (nSPS) is 17.9. The number of aromatic nitrogens is 2. The van der Waals surface area contributed by atoms with E-state index >= 15 is 0 Å². The van der Waals surface area contributed by atoms with E-state index in [0.717, 1.165) is 23.2 Å². The Labute approximate surface area is 180 Å². The molecule has 2 heterocycles. The molecule has 2 aromatic rings. The first-order valence-corrected chi connectivity index (χ1v) is 11.6. The Bertz CT molecular complexity index is 872. The van der Waals surface area contributed by atoms with Crippen LogP contribution in [0.1, 0.15) is 66.2 Å². The third kappa shape index (κ3) is 5.03. The van der Waals surface area contributed by atoms with Crippen molar-refractivity contribution in [3.05, 3.63) is 40.7 Å². The van der Waals surface area contributed by atoms with E-state index in [-0.39, 0.29) is 30.3 Å². The minimum absolute atomic E-state index is 0.00901. The first kappa shape index (κ1) is 20.9. The number of Topliss-reactive ketones (excluding diaryl/α,β-unsaturated/α-hetero) is 1. The zero-order valence-electron chi connectivity index (χ0n) is 17.1. The molecule has 160 valence electrons. The molecule has 1 saturated carbocycles. The number of amides is 1. The number of nitrogens with zero attached hydrogens (tertiary/aromatic N) is 4. The third-order valence-electron chi connectivity index (χ3n) is 6.02. The zero-order chi connectivity index (χ0) is 20.9. The quantitative estimate of drug-likeness (QED) is 0.647. The van der Waals surface area contributed by atoms with Gasteiger partial charge in [0.25, 0.3) is 0 Å². The molecule has 30 heavy (non-hydrogen) atoms. The van der Waals surface area contributed by atoms with Crippen LogP contribution in [0.4, 0.5) is 9.52 Å². The molecule has 0 bridgehead atoms. The summed E-state index contributed by atoms with van der Waals surface area (Å²) in [5.41, 5.74) is 0.444. The van der Waals surface area contributed by atoms with Crippen molar-refractivity contribution in [2.75, 3.05) is 31.1 Å². The first-order chi connectivity index (χ1) is 14.6. The molecule has 0 radical (unpaired) electrons. The van der Waals surface area contributed by atoms with Crippen LogP contribution in [0.5, 0.6) is 0 Å². The molecule has 1 aliphatic carbocycles. The SMILES string of the molecule is O=C(CCC(=O)N1CCN(c2nnc(C3CCCCC3)s2)CC1)c1ccc(F)cc1. The Balaban J connectivity index is 1.24. The van der Waals surface area contributed by atoms with Crippen molar-refractivity contribution in [1.29, 1.82) is 0 Å². The molecule has 0 N–H and O–H groups in total. The lowest BCUT2D eigenvalue weighted by molar-refractivity contribution is -0.131. The van der Waals surface area contributed by atoms with Crippen molar-refractivity contribution in [3.63, 3.8) is 0 Å². The maximum Gasteiger partial charge on any atom is 0.223 e. The van der Waals surface area contributed by atoms with Gasteiger partial charge in [-0.2, -0.15) is 0 Å². The number of halogens is 1. The van der Waals surface area contributed by atoms with Crippen molar-refractivity contribution in [2.45, 2.75) is 50.9 Å². The van der Waals surface area contributed by atoms with Gasteiger partial charge >= 0.3 is 0 Å². The number of piperazine rings is 1. The van der Waals surface area contributed by atoms with Crippen LogP contribution in [-0.2, 0) is 4.79 Å². The number of carbonyl (C=O) groups excluding carboxylic acids is 2. The lowest BCUT2D eigenvalue weighted by atomic mass is 9.90. The average Bonchev–Trinajstić information content (AvgIpc) is 3.29. The molecule has 0 spiro atoms. The van der Waals surface area contributed by atoms with Gasteiger partial charge in [0.1, 0.15) is 10.8 Å². The van der Waals surface area contributed by atoms with Crippen LogP contribution in [0.25, 0.3) is 0 Å². The molecule has 6 nitrogen and oxygen atoms in total. The summed E-state index contributed by atoms with van der Waals surface area (Å²) in [5.74, 6) is 0.0460. The van der Waals surface area contributed by atoms with E-state index in [2.05, 4.69) is 15.1 Å². The fourth-order valence-electron chi connectivity index (χ4n) is 4.17. The van der Waals surface area contributed by atoms with Gasteiger partial charge in [-0.3, -0.25) is 9.59 Å². The van der Waals surface area contributed by atoms with Crippen LogP contribution < -0.4 is 4.90 Å². The highest BCUT2D eigenvalue weighted by Gasteiger charge is 2.25. The number of carbonyl (C=O) groups is 2. The summed E-state index contributed by atoms with van der Waals surface area (Å²) >= 11 is 1.70. The maximum atomic E-state index is 13.0. The van der Waals surface area contributed by atoms with E-state index in [1.165, 1.54) is 56.4 Å². The van der Waals surface area contributed by atoms with Gasteiger partial charge in [0, 0.05) is 50.5 Å². The predicted octanol–water partition coefficient (Wildman–Crippen LogP) is 4.04. The maximum absolute atomic E-state index is 13.0. The lowest BCUT2D eigenvalue weighted by Crippen LogP contribution is -2.48. The van der Waals surface area contributed by atoms with Crippen molar-refractivity contribution in [2.24, 2.45) is 0 Å². The molecule has 2 aliphatic rings. The van der Waals surface area contributed by atoms with Gasteiger partial charge in [-0.05, 0) is 37.1 Å². The molecule has 0 atom stereocenters. The molecule has 1 aromatic heterocycles. The van der Waals surface area contributed by atoms with Crippen molar-refractivity contribution in [3.8, 4) is 0 Å². The standard InChI is InChI=1S/C22H27FN4O2S/c23-18-8-6-16(7-9-18)19(28)10-11-20(29)26-12-14-27(15-13-26)22-25-24-21(30-22)17-4-2-1-3-5-17/h6-9,17H,1-5,10-15H2. The highest BCUT2D eigenvalue weighted by atomic mass is 32.1. The first-order valence-electron chi connectivity index (χ1n) is 10.7. The summed E-state index contributed by atoms with van der Waals surface area (Å²) in [7, 11) is 0. The van der Waals surface area contributed by atoms with Crippen LogP contribution >= 0.6 is 11.3 Å². The van der Waals surface area contributed by atoms with E-state index in [9.17, 15) is 14.0 Å².